The van der Waals surface area contributed by atoms with Gasteiger partial charge < -0.3 is 15.5 Å². The van der Waals surface area contributed by atoms with E-state index >= 15 is 0 Å². The Balaban J connectivity index is 0.00000500. The lowest BCUT2D eigenvalue weighted by atomic mass is 9.83. The van der Waals surface area contributed by atoms with Crippen molar-refractivity contribution in [3.8, 4) is 5.88 Å². The lowest BCUT2D eigenvalue weighted by molar-refractivity contribution is -0.120. The van der Waals surface area contributed by atoms with Crippen LogP contribution in [0.2, 0.25) is 0 Å². The number of hydrazine groups is 2. The number of aliphatic imine (C=N–C) groups is 2. The van der Waals surface area contributed by atoms with Crippen LogP contribution >= 0.6 is 0 Å². The van der Waals surface area contributed by atoms with Crippen LogP contribution in [0.4, 0.5) is 11.4 Å². The van der Waals surface area contributed by atoms with E-state index < -0.39 is 10.0 Å². The minimum absolute atomic E-state index is 0. The molecular weight excluding hydrogens is 604 g/mol. The number of pyridine rings is 1. The van der Waals surface area contributed by atoms with Gasteiger partial charge in [-0.05, 0) is 86.6 Å². The van der Waals surface area contributed by atoms with Crippen molar-refractivity contribution >= 4 is 40.7 Å². The van der Waals surface area contributed by atoms with Gasteiger partial charge in [-0.3, -0.25) is 14.8 Å². The van der Waals surface area contributed by atoms with Crippen molar-refractivity contribution in [3.63, 3.8) is 0 Å². The standard InChI is InChI=1S/C33H40N8O4S.H2/c1-7-25-20-40(46(43,44)29-10-9-15-36-33(29)45-25)19-24-16-23(12-11-21(24)3)27(17-31(42)37-30(35-6)18-34-5)26-13-14-28-32(22(26)4)38-39-41(28)8-2;/h9-16,18,25,27,38-39H,5-8,17,19-20H2,1-4H3,(H,37,42);1H/b30-18+;/t25-,27+;/m1./s1. The molecule has 3 heterocycles. The van der Waals surface area contributed by atoms with E-state index in [9.17, 15) is 13.2 Å². The van der Waals surface area contributed by atoms with Crippen LogP contribution in [0.5, 0.6) is 5.88 Å². The predicted molar refractivity (Wildman–Crippen MR) is 183 cm³/mol. The summed E-state index contributed by atoms with van der Waals surface area (Å²) >= 11 is 0. The number of aromatic nitrogens is 1. The van der Waals surface area contributed by atoms with Crippen LogP contribution in [0.25, 0.3) is 0 Å². The van der Waals surface area contributed by atoms with Crippen LogP contribution in [0.3, 0.4) is 0 Å². The molecular formula is C33H42N8O4S. The van der Waals surface area contributed by atoms with Crippen molar-refractivity contribution in [1.29, 1.82) is 0 Å². The minimum Gasteiger partial charge on any atom is -0.472 e. The Kier molecular flexibility index (Phi) is 9.85. The van der Waals surface area contributed by atoms with Crippen molar-refractivity contribution in [2.45, 2.75) is 64.0 Å². The Morgan fingerprint density at radius 3 is 2.76 bits per heavy atom. The molecule has 244 valence electrons. The van der Waals surface area contributed by atoms with Gasteiger partial charge in [0.1, 0.15) is 16.8 Å². The van der Waals surface area contributed by atoms with Gasteiger partial charge in [0.2, 0.25) is 21.8 Å². The Morgan fingerprint density at radius 2 is 2.04 bits per heavy atom. The first-order valence-electron chi connectivity index (χ1n) is 15.2. The van der Waals surface area contributed by atoms with E-state index in [0.717, 1.165) is 45.7 Å². The van der Waals surface area contributed by atoms with Crippen LogP contribution in [0.1, 0.15) is 61.9 Å². The molecule has 0 bridgehead atoms. The number of amides is 1. The first-order chi connectivity index (χ1) is 22.1. The first kappa shape index (κ1) is 32.8. The second-order valence-corrected chi connectivity index (χ2v) is 13.2. The summed E-state index contributed by atoms with van der Waals surface area (Å²) in [5.41, 5.74) is 13.0. The van der Waals surface area contributed by atoms with Gasteiger partial charge in [-0.25, -0.2) is 18.4 Å². The summed E-state index contributed by atoms with van der Waals surface area (Å²) in [5, 5.41) is 4.78. The monoisotopic (exact) mass is 646 g/mol. The van der Waals surface area contributed by atoms with Crippen molar-refractivity contribution < 1.29 is 19.4 Å². The van der Waals surface area contributed by atoms with Gasteiger partial charge in [0, 0.05) is 33.1 Å². The lowest BCUT2D eigenvalue weighted by Gasteiger charge is -2.25. The normalized spacial score (nSPS) is 18.0. The smallest absolute Gasteiger partial charge is 0.248 e. The number of sulfonamides is 1. The molecule has 2 aromatic carbocycles. The maximum atomic E-state index is 13.9. The molecule has 1 amide bonds. The number of fused-ring (bicyclic) bond motifs is 2. The predicted octanol–water partition coefficient (Wildman–Crippen LogP) is 4.82. The molecule has 0 fully saturated rings. The Bertz CT molecular complexity index is 1800. The number of hydrogen-bond donors (Lipinski definition) is 3. The zero-order valence-electron chi connectivity index (χ0n) is 26.6. The number of hydrogen-bond acceptors (Lipinski definition) is 10. The molecule has 3 N–H and O–H groups in total. The molecule has 2 atom stereocenters. The van der Waals surface area contributed by atoms with Gasteiger partial charge in [0.05, 0.1) is 24.1 Å². The van der Waals surface area contributed by atoms with Gasteiger partial charge in [0.15, 0.2) is 0 Å². The number of carbonyl (C=O) groups excluding carboxylic acids is 1. The molecule has 0 spiro atoms. The van der Waals surface area contributed by atoms with E-state index in [1.807, 2.05) is 56.1 Å². The van der Waals surface area contributed by atoms with E-state index in [1.165, 1.54) is 22.8 Å². The molecule has 0 saturated heterocycles. The number of carbonyl (C=O) groups is 1. The highest BCUT2D eigenvalue weighted by atomic mass is 32.2. The summed E-state index contributed by atoms with van der Waals surface area (Å²) in [6.07, 6.45) is 3.22. The summed E-state index contributed by atoms with van der Waals surface area (Å²) in [6.45, 7) is 16.0. The fraction of sp³-hybridized carbons (Fsp3) is 0.333. The molecule has 0 unspecified atom stereocenters. The molecule has 5 rings (SSSR count). The number of ether oxygens (including phenoxy) is 1. The molecule has 3 aromatic rings. The van der Waals surface area contributed by atoms with Gasteiger partial charge in [-0.1, -0.05) is 31.2 Å². The SMILES string of the molecule is C=N/C=C(\N=C)NC(=O)C[C@@H](c1ccc(C)c(CN2C[C@@H](CC)Oc3ncccc3S2(=O)=O)c1)c1ccc2c(c1C)NNN2CC.[HH]. The van der Waals surface area contributed by atoms with E-state index in [4.69, 9.17) is 4.74 Å². The van der Waals surface area contributed by atoms with Gasteiger partial charge >= 0.3 is 0 Å². The van der Waals surface area contributed by atoms with E-state index in [0.29, 0.717) is 6.42 Å². The summed E-state index contributed by atoms with van der Waals surface area (Å²) in [5.74, 6) is -0.327. The Labute approximate surface area is 271 Å². The average molecular weight is 647 g/mol. The van der Waals surface area contributed by atoms with Crippen molar-refractivity contribution in [1.82, 2.24) is 20.1 Å². The largest absolute Gasteiger partial charge is 0.472 e. The first-order valence-corrected chi connectivity index (χ1v) is 16.6. The molecule has 0 aliphatic carbocycles. The van der Waals surface area contributed by atoms with Crippen LogP contribution in [0.15, 0.2) is 75.6 Å². The minimum atomic E-state index is -3.90. The summed E-state index contributed by atoms with van der Waals surface area (Å²) < 4.78 is 35.2. The third kappa shape index (κ3) is 6.52. The number of anilines is 2. The lowest BCUT2D eigenvalue weighted by Crippen LogP contribution is -2.36. The number of nitrogens with zero attached hydrogens (tertiary/aromatic N) is 5. The van der Waals surface area contributed by atoms with Crippen molar-refractivity contribution in [2.24, 2.45) is 9.98 Å². The Morgan fingerprint density at radius 1 is 1.24 bits per heavy atom. The maximum absolute atomic E-state index is 13.9. The molecule has 13 heteroatoms. The maximum Gasteiger partial charge on any atom is 0.248 e. The highest BCUT2D eigenvalue weighted by Gasteiger charge is 2.35. The third-order valence-electron chi connectivity index (χ3n) is 8.44. The van der Waals surface area contributed by atoms with Crippen LogP contribution in [-0.4, -0.2) is 56.2 Å². The van der Waals surface area contributed by atoms with Crippen molar-refractivity contribution in [2.75, 3.05) is 23.5 Å². The number of nitrogens with one attached hydrogen (secondary N) is 3. The van der Waals surface area contributed by atoms with E-state index in [-0.39, 0.29) is 55.5 Å². The number of aryl methyl sites for hydroxylation is 1. The zero-order valence-corrected chi connectivity index (χ0v) is 27.4. The number of benzene rings is 2. The second kappa shape index (κ2) is 13.8. The topological polar surface area (TPSA) is 141 Å². The fourth-order valence-electron chi connectivity index (χ4n) is 5.84. The van der Waals surface area contributed by atoms with Crippen LogP contribution < -0.4 is 26.0 Å². The average Bonchev–Trinajstić information content (AvgIpc) is 3.44. The summed E-state index contributed by atoms with van der Waals surface area (Å²) in [7, 11) is -3.90. The fourth-order valence-corrected chi connectivity index (χ4v) is 7.37. The number of rotatable bonds is 11. The zero-order chi connectivity index (χ0) is 33.0. The molecule has 46 heavy (non-hydrogen) atoms. The Hall–Kier alpha value is -4.59. The quantitative estimate of drug-likeness (QED) is 0.252. The summed E-state index contributed by atoms with van der Waals surface area (Å²) in [4.78, 5) is 25.2. The van der Waals surface area contributed by atoms with Crippen LogP contribution in [0, 0.1) is 13.8 Å². The molecule has 1 aromatic heterocycles. The van der Waals surface area contributed by atoms with E-state index in [1.54, 1.807) is 6.07 Å². The van der Waals surface area contributed by atoms with E-state index in [2.05, 4.69) is 51.6 Å². The van der Waals surface area contributed by atoms with Crippen molar-refractivity contribution in [3.05, 3.63) is 88.5 Å². The van der Waals surface area contributed by atoms with Gasteiger partial charge in [-0.2, -0.15) is 4.31 Å². The molecule has 2 aliphatic rings. The van der Waals surface area contributed by atoms with Gasteiger partial charge in [-0.15, -0.1) is 5.53 Å². The molecule has 0 radical (unpaired) electrons. The molecule has 0 saturated carbocycles. The third-order valence-corrected chi connectivity index (χ3v) is 10.3. The highest BCUT2D eigenvalue weighted by Crippen LogP contribution is 2.40. The molecule has 12 nitrogen and oxygen atoms in total. The molecule has 2 aliphatic heterocycles. The van der Waals surface area contributed by atoms with Gasteiger partial charge in [0.25, 0.3) is 0 Å². The van der Waals surface area contributed by atoms with Crippen LogP contribution in [-0.2, 0) is 21.4 Å². The second-order valence-electron chi connectivity index (χ2n) is 11.3. The highest BCUT2D eigenvalue weighted by molar-refractivity contribution is 7.89. The summed E-state index contributed by atoms with van der Waals surface area (Å²) in [6, 6.07) is 13.2.